The van der Waals surface area contributed by atoms with E-state index in [1.807, 2.05) is 25.1 Å². The Labute approximate surface area is 106 Å². The van der Waals surface area contributed by atoms with Crippen molar-refractivity contribution in [2.45, 2.75) is 26.3 Å². The summed E-state index contributed by atoms with van der Waals surface area (Å²) >= 11 is 0. The topological polar surface area (TPSA) is 89.0 Å². The van der Waals surface area contributed by atoms with E-state index >= 15 is 0 Å². The second-order valence-corrected chi connectivity index (χ2v) is 4.19. The molecule has 0 aliphatic rings. The monoisotopic (exact) mass is 247 g/mol. The van der Waals surface area contributed by atoms with Gasteiger partial charge in [-0.25, -0.2) is 10.8 Å². The highest BCUT2D eigenvalue weighted by atomic mass is 16.3. The Kier molecular flexibility index (Phi) is 3.78. The van der Waals surface area contributed by atoms with E-state index in [9.17, 15) is 0 Å². The van der Waals surface area contributed by atoms with Crippen LogP contribution in [0.2, 0.25) is 0 Å². The van der Waals surface area contributed by atoms with Crippen LogP contribution >= 0.6 is 0 Å². The molecule has 0 bridgehead atoms. The smallest absolute Gasteiger partial charge is 0.239 e. The Balaban J connectivity index is 2.02. The molecule has 96 valence electrons. The van der Waals surface area contributed by atoms with Crippen molar-refractivity contribution in [3.8, 4) is 0 Å². The maximum absolute atomic E-state index is 5.31. The predicted molar refractivity (Wildman–Crippen MR) is 70.1 cm³/mol. The molecule has 6 nitrogen and oxygen atoms in total. The van der Waals surface area contributed by atoms with Crippen LogP contribution in [0, 0.1) is 6.92 Å². The third-order valence-electron chi connectivity index (χ3n) is 2.47. The van der Waals surface area contributed by atoms with Gasteiger partial charge in [0.05, 0.1) is 6.26 Å². The molecule has 0 amide bonds. The highest BCUT2D eigenvalue weighted by Crippen LogP contribution is 2.12. The Morgan fingerprint density at radius 2 is 2.28 bits per heavy atom. The third-order valence-corrected chi connectivity index (χ3v) is 2.47. The summed E-state index contributed by atoms with van der Waals surface area (Å²) in [5, 5.41) is 3.29. The summed E-state index contributed by atoms with van der Waals surface area (Å²) in [7, 11) is 0. The maximum Gasteiger partial charge on any atom is 0.239 e. The summed E-state index contributed by atoms with van der Waals surface area (Å²) in [5.74, 6) is 7.40. The van der Waals surface area contributed by atoms with Gasteiger partial charge in [0, 0.05) is 24.2 Å². The normalized spacial score (nSPS) is 12.2. The highest BCUT2D eigenvalue weighted by Gasteiger charge is 2.08. The maximum atomic E-state index is 5.31. The molecule has 2 aromatic heterocycles. The summed E-state index contributed by atoms with van der Waals surface area (Å²) < 4.78 is 5.31. The van der Waals surface area contributed by atoms with E-state index in [1.54, 1.807) is 6.26 Å². The summed E-state index contributed by atoms with van der Waals surface area (Å²) in [6, 6.07) is 5.92. The number of hydrazine groups is 1. The third kappa shape index (κ3) is 3.21. The van der Waals surface area contributed by atoms with Crippen molar-refractivity contribution >= 4 is 11.8 Å². The fraction of sp³-hybridized carbons (Fsp3) is 0.333. The van der Waals surface area contributed by atoms with E-state index in [0.717, 1.165) is 23.7 Å². The van der Waals surface area contributed by atoms with E-state index < -0.39 is 0 Å². The number of nitrogens with zero attached hydrogens (tertiary/aromatic N) is 2. The summed E-state index contributed by atoms with van der Waals surface area (Å²) in [4.78, 5) is 8.36. The zero-order valence-electron chi connectivity index (χ0n) is 10.5. The number of hydrogen-bond donors (Lipinski definition) is 3. The van der Waals surface area contributed by atoms with Crippen molar-refractivity contribution < 1.29 is 4.42 Å². The van der Waals surface area contributed by atoms with Gasteiger partial charge in [-0.1, -0.05) is 0 Å². The first kappa shape index (κ1) is 12.4. The van der Waals surface area contributed by atoms with Crippen LogP contribution < -0.4 is 16.6 Å². The van der Waals surface area contributed by atoms with Gasteiger partial charge in [-0.05, 0) is 26.0 Å². The average Bonchev–Trinajstić information content (AvgIpc) is 2.80. The molecule has 0 aliphatic carbocycles. The van der Waals surface area contributed by atoms with Crippen molar-refractivity contribution in [1.29, 1.82) is 0 Å². The molecule has 0 radical (unpaired) electrons. The van der Waals surface area contributed by atoms with E-state index in [2.05, 4.69) is 27.6 Å². The van der Waals surface area contributed by atoms with E-state index in [-0.39, 0.29) is 6.04 Å². The van der Waals surface area contributed by atoms with Crippen LogP contribution in [0.3, 0.4) is 0 Å². The summed E-state index contributed by atoms with van der Waals surface area (Å²) in [6.07, 6.45) is 2.47. The van der Waals surface area contributed by atoms with Gasteiger partial charge >= 0.3 is 0 Å². The van der Waals surface area contributed by atoms with Gasteiger partial charge in [-0.2, -0.15) is 4.98 Å². The first-order chi connectivity index (χ1) is 8.67. The quantitative estimate of drug-likeness (QED) is 0.550. The van der Waals surface area contributed by atoms with Crippen molar-refractivity contribution in [3.05, 3.63) is 35.9 Å². The fourth-order valence-electron chi connectivity index (χ4n) is 1.74. The van der Waals surface area contributed by atoms with E-state index in [0.29, 0.717) is 5.95 Å². The van der Waals surface area contributed by atoms with Crippen LogP contribution in [0.4, 0.5) is 11.8 Å². The van der Waals surface area contributed by atoms with Crippen LogP contribution in [0.25, 0.3) is 0 Å². The number of aryl methyl sites for hydroxylation is 1. The summed E-state index contributed by atoms with van der Waals surface area (Å²) in [6.45, 7) is 3.96. The molecule has 0 aromatic carbocycles. The molecule has 0 spiro atoms. The molecule has 0 fully saturated rings. The van der Waals surface area contributed by atoms with E-state index in [4.69, 9.17) is 10.3 Å². The largest absolute Gasteiger partial charge is 0.469 e. The molecule has 6 heteroatoms. The lowest BCUT2D eigenvalue weighted by Gasteiger charge is -2.14. The fourth-order valence-corrected chi connectivity index (χ4v) is 1.74. The number of furan rings is 1. The van der Waals surface area contributed by atoms with Gasteiger partial charge in [0.1, 0.15) is 11.6 Å². The molecular weight excluding hydrogens is 230 g/mol. The second kappa shape index (κ2) is 5.50. The van der Waals surface area contributed by atoms with Crippen molar-refractivity contribution in [1.82, 2.24) is 9.97 Å². The molecule has 1 atom stereocenters. The first-order valence-corrected chi connectivity index (χ1v) is 5.78. The highest BCUT2D eigenvalue weighted by molar-refractivity contribution is 5.42. The minimum absolute atomic E-state index is 0.205. The van der Waals surface area contributed by atoms with Crippen LogP contribution in [-0.2, 0) is 6.42 Å². The number of hydrogen-bond acceptors (Lipinski definition) is 6. The predicted octanol–water partition coefficient (Wildman–Crippen LogP) is 1.71. The van der Waals surface area contributed by atoms with Crippen molar-refractivity contribution in [2.24, 2.45) is 5.84 Å². The zero-order valence-corrected chi connectivity index (χ0v) is 10.5. The van der Waals surface area contributed by atoms with Gasteiger partial charge in [-0.15, -0.1) is 0 Å². The molecule has 0 saturated heterocycles. The summed E-state index contributed by atoms with van der Waals surface area (Å²) in [5.41, 5.74) is 3.30. The van der Waals surface area contributed by atoms with Gasteiger partial charge in [0.15, 0.2) is 0 Å². The molecular formula is C12H17N5O. The van der Waals surface area contributed by atoms with Gasteiger partial charge in [-0.3, -0.25) is 5.43 Å². The Morgan fingerprint density at radius 1 is 1.44 bits per heavy atom. The second-order valence-electron chi connectivity index (χ2n) is 4.19. The number of aromatic nitrogens is 2. The first-order valence-electron chi connectivity index (χ1n) is 5.78. The number of nitrogens with one attached hydrogen (secondary N) is 2. The lowest BCUT2D eigenvalue weighted by molar-refractivity contribution is 0.497. The molecule has 4 N–H and O–H groups in total. The van der Waals surface area contributed by atoms with Crippen molar-refractivity contribution in [3.63, 3.8) is 0 Å². The van der Waals surface area contributed by atoms with Gasteiger partial charge in [0.2, 0.25) is 5.95 Å². The molecule has 2 rings (SSSR count). The van der Waals surface area contributed by atoms with Gasteiger partial charge < -0.3 is 9.73 Å². The number of rotatable bonds is 5. The Morgan fingerprint density at radius 3 is 2.94 bits per heavy atom. The number of nitrogen functional groups attached to an aromatic ring is 1. The number of nitrogens with two attached hydrogens (primary N) is 1. The molecule has 2 aromatic rings. The average molecular weight is 247 g/mol. The molecule has 0 saturated carbocycles. The molecule has 1 unspecified atom stereocenters. The lowest BCUT2D eigenvalue weighted by Crippen LogP contribution is -2.20. The van der Waals surface area contributed by atoms with Gasteiger partial charge in [0.25, 0.3) is 0 Å². The molecule has 0 aliphatic heterocycles. The SMILES string of the molecule is Cc1cc(NC(C)Cc2ccco2)nc(NN)n1. The van der Waals surface area contributed by atoms with Crippen molar-refractivity contribution in [2.75, 3.05) is 10.7 Å². The van der Waals surface area contributed by atoms with Crippen LogP contribution in [0.1, 0.15) is 18.4 Å². The minimum atomic E-state index is 0.205. The van der Waals surface area contributed by atoms with Crippen LogP contribution in [0.5, 0.6) is 0 Å². The molecule has 18 heavy (non-hydrogen) atoms. The minimum Gasteiger partial charge on any atom is -0.469 e. The van der Waals surface area contributed by atoms with Crippen LogP contribution in [0.15, 0.2) is 28.9 Å². The zero-order chi connectivity index (χ0) is 13.0. The number of anilines is 2. The Hall–Kier alpha value is -2.08. The lowest BCUT2D eigenvalue weighted by atomic mass is 10.2. The van der Waals surface area contributed by atoms with E-state index in [1.165, 1.54) is 0 Å². The standard InChI is InChI=1S/C12H17N5O/c1-8(6-10-4-3-5-18-10)14-11-7-9(2)15-12(16-11)17-13/h3-5,7-8H,6,13H2,1-2H3,(H2,14,15,16,17). The Bertz CT molecular complexity index is 497. The molecule has 2 heterocycles. The van der Waals surface area contributed by atoms with Crippen LogP contribution in [-0.4, -0.2) is 16.0 Å².